The molecule has 5 heteroatoms. The van der Waals surface area contributed by atoms with Crippen LogP contribution in [0.4, 0.5) is 8.78 Å². The summed E-state index contributed by atoms with van der Waals surface area (Å²) < 4.78 is 25.9. The second kappa shape index (κ2) is 4.59. The van der Waals surface area contributed by atoms with Crippen LogP contribution in [-0.2, 0) is 6.42 Å². The van der Waals surface area contributed by atoms with Crippen LogP contribution in [0, 0.1) is 23.0 Å². The molecule has 1 unspecified atom stereocenters. The van der Waals surface area contributed by atoms with E-state index in [0.717, 1.165) is 6.07 Å². The van der Waals surface area contributed by atoms with Gasteiger partial charge < -0.3 is 0 Å². The van der Waals surface area contributed by atoms with Gasteiger partial charge in [-0.05, 0) is 11.6 Å². The van der Waals surface area contributed by atoms with Gasteiger partial charge in [-0.25, -0.2) is 8.78 Å². The normalized spacial score (nSPS) is 12.2. The molecule has 0 amide bonds. The molecule has 1 nitrogen and oxygen atoms in total. The highest BCUT2D eigenvalue weighted by molar-refractivity contribution is 6.31. The third-order valence-electron chi connectivity index (χ3n) is 1.65. The molecule has 0 aliphatic carbocycles. The number of rotatable bonds is 2. The fourth-order valence-electron chi connectivity index (χ4n) is 0.962. The Labute approximate surface area is 89.9 Å². The molecular weight excluding hydrogens is 231 g/mol. The summed E-state index contributed by atoms with van der Waals surface area (Å²) in [6, 6.07) is 4.01. The summed E-state index contributed by atoms with van der Waals surface area (Å²) in [4.78, 5) is 0. The van der Waals surface area contributed by atoms with Crippen molar-refractivity contribution in [2.45, 2.75) is 11.8 Å². The van der Waals surface area contributed by atoms with Crippen molar-refractivity contribution >= 4 is 23.2 Å². The van der Waals surface area contributed by atoms with Crippen LogP contribution >= 0.6 is 23.2 Å². The monoisotopic (exact) mass is 235 g/mol. The Morgan fingerprint density at radius 1 is 1.43 bits per heavy atom. The molecule has 1 atom stereocenters. The van der Waals surface area contributed by atoms with E-state index in [1.54, 1.807) is 6.07 Å². The molecule has 0 aliphatic rings. The summed E-state index contributed by atoms with van der Waals surface area (Å²) in [5, 5.41) is 6.99. The van der Waals surface area contributed by atoms with Crippen molar-refractivity contribution in [3.63, 3.8) is 0 Å². The Bertz CT molecular complexity index is 387. The van der Waals surface area contributed by atoms with E-state index in [-0.39, 0.29) is 12.0 Å². The van der Waals surface area contributed by atoms with Gasteiger partial charge in [-0.3, -0.25) is 0 Å². The lowest BCUT2D eigenvalue weighted by Gasteiger charge is -2.05. The predicted octanol–water partition coefficient (Wildman–Crippen LogP) is 3.29. The summed E-state index contributed by atoms with van der Waals surface area (Å²) >= 11 is 10.8. The minimum Gasteiger partial charge on any atom is -0.205 e. The highest BCUT2D eigenvalue weighted by atomic mass is 35.5. The molecule has 0 aliphatic heterocycles. The van der Waals surface area contributed by atoms with Crippen molar-refractivity contribution in [2.24, 2.45) is 0 Å². The predicted molar refractivity (Wildman–Crippen MR) is 50.3 cm³/mol. The quantitative estimate of drug-likeness (QED) is 0.570. The highest BCUT2D eigenvalue weighted by Gasteiger charge is 2.14. The van der Waals surface area contributed by atoms with Crippen LogP contribution in [0.15, 0.2) is 12.1 Å². The molecule has 1 rings (SSSR count). The van der Waals surface area contributed by atoms with Gasteiger partial charge in [0.25, 0.3) is 0 Å². The minimum absolute atomic E-state index is 0.00386. The number of nitrogens with zero attached hydrogens (tertiary/aromatic N) is 1. The van der Waals surface area contributed by atoms with E-state index in [1.165, 1.54) is 6.07 Å². The van der Waals surface area contributed by atoms with Gasteiger partial charge in [0.2, 0.25) is 0 Å². The first-order valence-electron chi connectivity index (χ1n) is 3.72. The Kier molecular flexibility index (Phi) is 3.68. The Morgan fingerprint density at radius 2 is 2.07 bits per heavy atom. The zero-order valence-electron chi connectivity index (χ0n) is 6.90. The first-order chi connectivity index (χ1) is 6.56. The van der Waals surface area contributed by atoms with E-state index in [0.29, 0.717) is 0 Å². The molecule has 0 spiro atoms. The molecule has 1 aromatic rings. The van der Waals surface area contributed by atoms with E-state index >= 15 is 0 Å². The van der Waals surface area contributed by atoms with E-state index in [2.05, 4.69) is 0 Å². The zero-order valence-corrected chi connectivity index (χ0v) is 8.41. The maximum atomic E-state index is 13.2. The van der Waals surface area contributed by atoms with Gasteiger partial charge >= 0.3 is 0 Å². The number of nitriles is 1. The van der Waals surface area contributed by atoms with E-state index in [9.17, 15) is 8.78 Å². The zero-order chi connectivity index (χ0) is 10.7. The standard InChI is InChI=1S/C9H5Cl2F2N/c10-6(4-14)3-5-1-2-7(12)8(11)9(5)13/h1-2,6H,3H2. The second-order valence-electron chi connectivity index (χ2n) is 2.64. The first-order valence-corrected chi connectivity index (χ1v) is 4.53. The third-order valence-corrected chi connectivity index (χ3v) is 2.25. The fraction of sp³-hybridized carbons (Fsp3) is 0.222. The molecule has 0 saturated carbocycles. The Balaban J connectivity index is 3.01. The topological polar surface area (TPSA) is 23.8 Å². The van der Waals surface area contributed by atoms with Gasteiger partial charge in [-0.15, -0.1) is 11.6 Å². The van der Waals surface area contributed by atoms with Crippen LogP contribution in [0.2, 0.25) is 5.02 Å². The average Bonchev–Trinajstić information content (AvgIpc) is 2.19. The minimum atomic E-state index is -0.854. The Morgan fingerprint density at radius 3 is 2.64 bits per heavy atom. The lowest BCUT2D eigenvalue weighted by molar-refractivity contribution is 0.573. The summed E-state index contributed by atoms with van der Waals surface area (Å²) in [5.41, 5.74) is 0.137. The van der Waals surface area contributed by atoms with Crippen molar-refractivity contribution in [1.82, 2.24) is 0 Å². The van der Waals surface area contributed by atoms with Gasteiger partial charge in [0.1, 0.15) is 22.0 Å². The lowest BCUT2D eigenvalue weighted by atomic mass is 10.1. The van der Waals surface area contributed by atoms with Crippen molar-refractivity contribution in [3.05, 3.63) is 34.4 Å². The van der Waals surface area contributed by atoms with E-state index < -0.39 is 22.0 Å². The van der Waals surface area contributed by atoms with Gasteiger partial charge in [0.15, 0.2) is 0 Å². The molecule has 0 fully saturated rings. The van der Waals surface area contributed by atoms with Crippen LogP contribution < -0.4 is 0 Å². The average molecular weight is 236 g/mol. The molecule has 0 radical (unpaired) electrons. The maximum absolute atomic E-state index is 13.2. The first kappa shape index (κ1) is 11.2. The molecule has 74 valence electrons. The van der Waals surface area contributed by atoms with E-state index in [1.807, 2.05) is 0 Å². The molecule has 0 saturated heterocycles. The summed E-state index contributed by atoms with van der Waals surface area (Å²) in [7, 11) is 0. The van der Waals surface area contributed by atoms with Crippen molar-refractivity contribution in [1.29, 1.82) is 5.26 Å². The molecule has 0 bridgehead atoms. The lowest BCUT2D eigenvalue weighted by Crippen LogP contribution is -2.03. The molecule has 0 N–H and O–H groups in total. The van der Waals surface area contributed by atoms with Gasteiger partial charge in [-0.1, -0.05) is 17.7 Å². The number of benzene rings is 1. The SMILES string of the molecule is N#CC(Cl)Cc1ccc(F)c(Cl)c1F. The number of halogens is 4. The van der Waals surface area contributed by atoms with Crippen LogP contribution in [0.1, 0.15) is 5.56 Å². The highest BCUT2D eigenvalue weighted by Crippen LogP contribution is 2.23. The number of hydrogen-bond donors (Lipinski definition) is 0. The summed E-state index contributed by atoms with van der Waals surface area (Å²) in [6.07, 6.45) is 0.00386. The van der Waals surface area contributed by atoms with Crippen LogP contribution in [-0.4, -0.2) is 5.38 Å². The van der Waals surface area contributed by atoms with E-state index in [4.69, 9.17) is 28.5 Å². The third kappa shape index (κ3) is 2.34. The van der Waals surface area contributed by atoms with Gasteiger partial charge in [0.05, 0.1) is 6.07 Å². The number of hydrogen-bond acceptors (Lipinski definition) is 1. The van der Waals surface area contributed by atoms with Crippen molar-refractivity contribution < 1.29 is 8.78 Å². The van der Waals surface area contributed by atoms with Gasteiger partial charge in [-0.2, -0.15) is 5.26 Å². The van der Waals surface area contributed by atoms with Crippen molar-refractivity contribution in [2.75, 3.05) is 0 Å². The maximum Gasteiger partial charge on any atom is 0.148 e. The van der Waals surface area contributed by atoms with Gasteiger partial charge in [0, 0.05) is 6.42 Å². The van der Waals surface area contributed by atoms with Crippen LogP contribution in [0.3, 0.4) is 0 Å². The summed E-state index contributed by atoms with van der Waals surface area (Å²) in [6.45, 7) is 0. The molecule has 14 heavy (non-hydrogen) atoms. The van der Waals surface area contributed by atoms with Crippen molar-refractivity contribution in [3.8, 4) is 6.07 Å². The molecular formula is C9H5Cl2F2N. The van der Waals surface area contributed by atoms with Crippen LogP contribution in [0.5, 0.6) is 0 Å². The fourth-order valence-corrected chi connectivity index (χ4v) is 1.31. The molecule has 0 heterocycles. The Hall–Kier alpha value is -0.850. The second-order valence-corrected chi connectivity index (χ2v) is 3.54. The number of alkyl halides is 1. The molecule has 0 aromatic heterocycles. The molecule has 1 aromatic carbocycles. The smallest absolute Gasteiger partial charge is 0.148 e. The largest absolute Gasteiger partial charge is 0.205 e. The van der Waals surface area contributed by atoms with Crippen LogP contribution in [0.25, 0.3) is 0 Å². The summed E-state index contributed by atoms with van der Waals surface area (Å²) in [5.74, 6) is -1.68.